The van der Waals surface area contributed by atoms with Crippen molar-refractivity contribution in [3.05, 3.63) is 34.3 Å². The largest absolute Gasteiger partial charge is 0.460 e. The first-order valence-corrected chi connectivity index (χ1v) is 10.1. The lowest BCUT2D eigenvalue weighted by Crippen LogP contribution is -2.49. The number of ether oxygens (including phenoxy) is 3. The van der Waals surface area contributed by atoms with Gasteiger partial charge in [-0.3, -0.25) is 14.4 Å². The zero-order valence-corrected chi connectivity index (χ0v) is 17.0. The fraction of sp³-hybridized carbons (Fsp3) is 0.545. The highest BCUT2D eigenvalue weighted by Gasteiger charge is 2.60. The fourth-order valence-electron chi connectivity index (χ4n) is 5.90. The number of rotatable bonds is 3. The van der Waals surface area contributed by atoms with E-state index in [-0.39, 0.29) is 29.5 Å². The summed E-state index contributed by atoms with van der Waals surface area (Å²) in [7, 11) is 1.50. The van der Waals surface area contributed by atoms with Crippen molar-refractivity contribution in [1.82, 2.24) is 0 Å². The van der Waals surface area contributed by atoms with Gasteiger partial charge in [-0.25, -0.2) is 4.79 Å². The topological polar surface area (TPSA) is 109 Å². The average molecular weight is 414 g/mol. The van der Waals surface area contributed by atoms with E-state index < -0.39 is 41.4 Å². The molecule has 1 aromatic rings. The van der Waals surface area contributed by atoms with Gasteiger partial charge in [0.2, 0.25) is 5.78 Å². The summed E-state index contributed by atoms with van der Waals surface area (Å²) in [5.41, 5.74) is 1.09. The van der Waals surface area contributed by atoms with E-state index in [0.29, 0.717) is 36.0 Å². The maximum absolute atomic E-state index is 13.6. The molecule has 0 amide bonds. The molecule has 158 valence electrons. The minimum Gasteiger partial charge on any atom is -0.460 e. The van der Waals surface area contributed by atoms with Crippen molar-refractivity contribution >= 4 is 23.5 Å². The first-order chi connectivity index (χ1) is 14.3. The Hall–Kier alpha value is -2.74. The van der Waals surface area contributed by atoms with Crippen molar-refractivity contribution in [3.8, 4) is 0 Å². The maximum Gasteiger partial charge on any atom is 0.342 e. The van der Waals surface area contributed by atoms with Crippen LogP contribution in [-0.2, 0) is 23.8 Å². The number of fused-ring (bicyclic) bond motifs is 3. The van der Waals surface area contributed by atoms with Gasteiger partial charge >= 0.3 is 11.9 Å². The molecule has 1 aromatic heterocycles. The van der Waals surface area contributed by atoms with Gasteiger partial charge in [-0.2, -0.15) is 0 Å². The van der Waals surface area contributed by atoms with Gasteiger partial charge in [-0.1, -0.05) is 6.92 Å². The van der Waals surface area contributed by atoms with E-state index in [0.717, 1.165) is 0 Å². The van der Waals surface area contributed by atoms with Crippen LogP contribution in [0, 0.1) is 11.3 Å². The molecule has 1 saturated carbocycles. The molecule has 2 heterocycles. The summed E-state index contributed by atoms with van der Waals surface area (Å²) in [6.45, 7) is 3.34. The van der Waals surface area contributed by atoms with E-state index in [4.69, 9.17) is 18.6 Å². The van der Waals surface area contributed by atoms with Crippen LogP contribution in [0.3, 0.4) is 0 Å². The molecule has 3 aliphatic carbocycles. The third kappa shape index (κ3) is 2.37. The third-order valence-corrected chi connectivity index (χ3v) is 7.10. The number of allylic oxidation sites excluding steroid dienone is 1. The Labute approximate surface area is 172 Å². The van der Waals surface area contributed by atoms with Crippen molar-refractivity contribution in [3.63, 3.8) is 0 Å². The summed E-state index contributed by atoms with van der Waals surface area (Å²) in [6, 6.07) is 0. The molecular formula is C22H22O8. The summed E-state index contributed by atoms with van der Waals surface area (Å²) in [6.07, 6.45) is 1.03. The number of esters is 2. The lowest BCUT2D eigenvalue weighted by Gasteiger charge is -2.47. The maximum atomic E-state index is 13.6. The Morgan fingerprint density at radius 3 is 2.77 bits per heavy atom. The Morgan fingerprint density at radius 2 is 2.07 bits per heavy atom. The molecule has 0 radical (unpaired) electrons. The molecule has 4 aliphatic rings. The molecule has 5 atom stereocenters. The lowest BCUT2D eigenvalue weighted by molar-refractivity contribution is -0.147. The van der Waals surface area contributed by atoms with Gasteiger partial charge in [0.15, 0.2) is 5.76 Å². The summed E-state index contributed by atoms with van der Waals surface area (Å²) in [5.74, 6) is -2.17. The Bertz CT molecular complexity index is 1030. The highest BCUT2D eigenvalue weighted by atomic mass is 16.6. The van der Waals surface area contributed by atoms with Gasteiger partial charge in [0.1, 0.15) is 29.8 Å². The number of hydrogen-bond donors (Lipinski definition) is 0. The van der Waals surface area contributed by atoms with Crippen molar-refractivity contribution < 1.29 is 37.8 Å². The van der Waals surface area contributed by atoms with E-state index >= 15 is 0 Å². The zero-order chi connectivity index (χ0) is 21.4. The first kappa shape index (κ1) is 19.2. The molecule has 0 aromatic carbocycles. The van der Waals surface area contributed by atoms with Crippen LogP contribution < -0.4 is 0 Å². The monoisotopic (exact) mass is 414 g/mol. The van der Waals surface area contributed by atoms with Gasteiger partial charge in [0.25, 0.3) is 0 Å². The summed E-state index contributed by atoms with van der Waals surface area (Å²) in [5, 5.41) is 0. The molecule has 0 saturated heterocycles. The quantitative estimate of drug-likeness (QED) is 0.694. The first-order valence-electron chi connectivity index (χ1n) is 10.1. The minimum atomic E-state index is -0.751. The second-order valence-electron chi connectivity index (χ2n) is 8.70. The van der Waals surface area contributed by atoms with Gasteiger partial charge in [0, 0.05) is 42.9 Å². The molecule has 8 nitrogen and oxygen atoms in total. The van der Waals surface area contributed by atoms with E-state index in [1.165, 1.54) is 20.3 Å². The van der Waals surface area contributed by atoms with Crippen molar-refractivity contribution in [2.45, 2.75) is 51.2 Å². The minimum absolute atomic E-state index is 0.0726. The zero-order valence-electron chi connectivity index (χ0n) is 17.0. The normalized spacial score (nSPS) is 34.3. The number of carbonyl (C=O) groups excluding carboxylic acids is 4. The van der Waals surface area contributed by atoms with Crippen LogP contribution in [0.5, 0.6) is 0 Å². The molecule has 1 aliphatic heterocycles. The standard InChI is InChI=1S/C22H22O8/c1-9(23)29-13-6-11-12(24)4-5-22(11,2)18-17(13)16-14(8-27-3)30-21(26)10-7-28-20(15(10)16)19(18)25/h7,11,13-14,16H,4-6,8H2,1-3H3/t11?,13-,14-,16?,22?/m0/s1. The third-order valence-electron chi connectivity index (χ3n) is 7.10. The van der Waals surface area contributed by atoms with Gasteiger partial charge < -0.3 is 18.6 Å². The lowest BCUT2D eigenvalue weighted by atomic mass is 9.58. The van der Waals surface area contributed by atoms with Gasteiger partial charge in [-0.05, 0) is 18.4 Å². The fourth-order valence-corrected chi connectivity index (χ4v) is 5.90. The second kappa shape index (κ2) is 6.38. The molecule has 5 rings (SSSR count). The van der Waals surface area contributed by atoms with Crippen LogP contribution in [-0.4, -0.2) is 49.4 Å². The van der Waals surface area contributed by atoms with Crippen LogP contribution in [0.2, 0.25) is 0 Å². The van der Waals surface area contributed by atoms with Crippen LogP contribution in [0.15, 0.2) is 21.8 Å². The van der Waals surface area contributed by atoms with E-state index in [1.54, 1.807) is 0 Å². The summed E-state index contributed by atoms with van der Waals surface area (Å²) in [4.78, 5) is 50.7. The average Bonchev–Trinajstić information content (AvgIpc) is 3.24. The number of cyclic esters (lactones) is 1. The molecule has 0 spiro atoms. The van der Waals surface area contributed by atoms with E-state index in [9.17, 15) is 19.2 Å². The number of furan rings is 1. The van der Waals surface area contributed by atoms with Crippen LogP contribution in [0.1, 0.15) is 65.5 Å². The summed E-state index contributed by atoms with van der Waals surface area (Å²) >= 11 is 0. The van der Waals surface area contributed by atoms with Gasteiger partial charge in [-0.15, -0.1) is 0 Å². The second-order valence-corrected chi connectivity index (χ2v) is 8.70. The molecular weight excluding hydrogens is 392 g/mol. The SMILES string of the molecule is COC[C@@H]1OC(=O)c2coc3c2C1C1=C(C3=O)C2(C)CCC(=O)C2C[C@@H]1OC(C)=O. The van der Waals surface area contributed by atoms with Crippen LogP contribution in [0.4, 0.5) is 0 Å². The highest BCUT2D eigenvalue weighted by molar-refractivity contribution is 6.14. The summed E-state index contributed by atoms with van der Waals surface area (Å²) < 4.78 is 22.1. The molecule has 0 N–H and O–H groups in total. The van der Waals surface area contributed by atoms with E-state index in [1.807, 2.05) is 6.92 Å². The molecule has 3 unspecified atom stereocenters. The number of carbonyl (C=O) groups is 4. The van der Waals surface area contributed by atoms with E-state index in [2.05, 4.69) is 0 Å². The number of hydrogen-bond acceptors (Lipinski definition) is 8. The highest BCUT2D eigenvalue weighted by Crippen LogP contribution is 2.60. The predicted octanol–water partition coefficient (Wildman–Crippen LogP) is 2.36. The Balaban J connectivity index is 1.78. The molecule has 8 heteroatoms. The molecule has 1 fully saturated rings. The van der Waals surface area contributed by atoms with Crippen molar-refractivity contribution in [1.29, 1.82) is 0 Å². The van der Waals surface area contributed by atoms with Crippen LogP contribution >= 0.6 is 0 Å². The predicted molar refractivity (Wildman–Crippen MR) is 99.9 cm³/mol. The Kier molecular flexibility index (Phi) is 4.09. The molecule has 0 bridgehead atoms. The number of ketones is 2. The van der Waals surface area contributed by atoms with Gasteiger partial charge in [0.05, 0.1) is 12.5 Å². The van der Waals surface area contributed by atoms with Crippen molar-refractivity contribution in [2.24, 2.45) is 11.3 Å². The number of methoxy groups -OCH3 is 1. The Morgan fingerprint density at radius 1 is 1.30 bits per heavy atom. The smallest absolute Gasteiger partial charge is 0.342 e. The van der Waals surface area contributed by atoms with Crippen LogP contribution in [0.25, 0.3) is 0 Å². The number of Topliss-reactive ketones (excluding diaryl/α,β-unsaturated/α-hetero) is 2. The van der Waals surface area contributed by atoms with Crippen molar-refractivity contribution in [2.75, 3.05) is 13.7 Å². The molecule has 30 heavy (non-hydrogen) atoms.